The fourth-order valence-corrected chi connectivity index (χ4v) is 1.25. The second-order valence-corrected chi connectivity index (χ2v) is 5.26. The molecule has 6 nitrogen and oxygen atoms in total. The summed E-state index contributed by atoms with van der Waals surface area (Å²) in [5, 5.41) is 8.78. The molecule has 0 aromatic carbocycles. The lowest BCUT2D eigenvalue weighted by Crippen LogP contribution is -2.41. The fourth-order valence-electron chi connectivity index (χ4n) is 1.25. The number of amides is 1. The highest BCUT2D eigenvalue weighted by atomic mass is 16.6. The smallest absolute Gasteiger partial charge is 0.410 e. The number of carboxylic acids is 1. The van der Waals surface area contributed by atoms with Gasteiger partial charge in [0.15, 0.2) is 0 Å². The molecule has 0 spiro atoms. The zero-order chi connectivity index (χ0) is 14.9. The van der Waals surface area contributed by atoms with E-state index in [-0.39, 0.29) is 13.1 Å². The van der Waals surface area contributed by atoms with Crippen LogP contribution in [0, 0.1) is 0 Å². The maximum Gasteiger partial charge on any atom is 0.410 e. The van der Waals surface area contributed by atoms with E-state index in [0.29, 0.717) is 13.2 Å². The topological polar surface area (TPSA) is 76.1 Å². The minimum atomic E-state index is -1.07. The maximum atomic E-state index is 11.8. The van der Waals surface area contributed by atoms with Crippen molar-refractivity contribution in [2.24, 2.45) is 0 Å². The Kier molecular flexibility index (Phi) is 8.14. The molecule has 0 aliphatic carbocycles. The van der Waals surface area contributed by atoms with Crippen molar-refractivity contribution >= 4 is 12.1 Å². The van der Waals surface area contributed by atoms with Crippen LogP contribution in [-0.2, 0) is 14.3 Å². The van der Waals surface area contributed by atoms with Crippen LogP contribution in [0.1, 0.15) is 40.5 Å². The van der Waals surface area contributed by atoms with Crippen LogP contribution in [-0.4, -0.2) is 54.0 Å². The number of hydrogen-bond acceptors (Lipinski definition) is 4. The number of carboxylic acid groups (broad SMARTS) is 1. The molecule has 0 aromatic heterocycles. The van der Waals surface area contributed by atoms with Crippen molar-refractivity contribution in [2.45, 2.75) is 46.1 Å². The van der Waals surface area contributed by atoms with Crippen LogP contribution in [0.5, 0.6) is 0 Å². The van der Waals surface area contributed by atoms with E-state index in [1.807, 2.05) is 0 Å². The molecule has 0 saturated heterocycles. The summed E-state index contributed by atoms with van der Waals surface area (Å²) in [5.74, 6) is -1.07. The van der Waals surface area contributed by atoms with Gasteiger partial charge in [0.2, 0.25) is 0 Å². The van der Waals surface area contributed by atoms with Gasteiger partial charge < -0.3 is 14.6 Å². The Balaban J connectivity index is 4.22. The van der Waals surface area contributed by atoms with Crippen molar-refractivity contribution in [1.29, 1.82) is 0 Å². The lowest BCUT2D eigenvalue weighted by molar-refractivity contribution is -0.138. The van der Waals surface area contributed by atoms with E-state index in [9.17, 15) is 9.59 Å². The molecule has 0 aliphatic rings. The number of hydrogen-bond donors (Lipinski definition) is 1. The number of ether oxygens (including phenoxy) is 2. The normalized spacial score (nSPS) is 11.2. The Hall–Kier alpha value is -1.30. The molecule has 1 amide bonds. The Morgan fingerprint density at radius 1 is 1.21 bits per heavy atom. The first-order valence-electron chi connectivity index (χ1n) is 6.53. The van der Waals surface area contributed by atoms with Crippen LogP contribution in [0.15, 0.2) is 0 Å². The lowest BCUT2D eigenvalue weighted by atomic mass is 10.2. The van der Waals surface area contributed by atoms with Gasteiger partial charge in [-0.15, -0.1) is 0 Å². The third kappa shape index (κ3) is 10.3. The highest BCUT2D eigenvalue weighted by Gasteiger charge is 2.23. The summed E-state index contributed by atoms with van der Waals surface area (Å²) in [5.41, 5.74) is -0.642. The molecule has 0 atom stereocenters. The van der Waals surface area contributed by atoms with Gasteiger partial charge in [0.25, 0.3) is 0 Å². The third-order valence-electron chi connectivity index (χ3n) is 2.13. The highest BCUT2D eigenvalue weighted by molar-refractivity contribution is 5.76. The van der Waals surface area contributed by atoms with Gasteiger partial charge in [0.05, 0.1) is 6.61 Å². The van der Waals surface area contributed by atoms with Gasteiger partial charge in [-0.3, -0.25) is 9.69 Å². The molecule has 19 heavy (non-hydrogen) atoms. The standard InChI is InChI=1S/C13H25NO5/c1-5-6-8-18-9-7-14(10-11(15)16)12(17)19-13(2,3)4/h5-10H2,1-4H3,(H,15,16). The third-order valence-corrected chi connectivity index (χ3v) is 2.13. The molecule has 0 aliphatic heterocycles. The Morgan fingerprint density at radius 2 is 1.84 bits per heavy atom. The van der Waals surface area contributed by atoms with Crippen LogP contribution in [0.2, 0.25) is 0 Å². The van der Waals surface area contributed by atoms with Crippen molar-refractivity contribution in [3.63, 3.8) is 0 Å². The van der Waals surface area contributed by atoms with Crippen molar-refractivity contribution < 1.29 is 24.2 Å². The van der Waals surface area contributed by atoms with Gasteiger partial charge in [-0.2, -0.15) is 0 Å². The molecule has 0 aromatic rings. The summed E-state index contributed by atoms with van der Waals surface area (Å²) in [6.45, 7) is 8.03. The summed E-state index contributed by atoms with van der Waals surface area (Å²) in [6, 6.07) is 0. The first kappa shape index (κ1) is 17.7. The summed E-state index contributed by atoms with van der Waals surface area (Å²) in [4.78, 5) is 23.7. The summed E-state index contributed by atoms with van der Waals surface area (Å²) in [7, 11) is 0. The summed E-state index contributed by atoms with van der Waals surface area (Å²) in [6.07, 6.45) is 1.35. The van der Waals surface area contributed by atoms with Crippen LogP contribution in [0.3, 0.4) is 0 Å². The Bertz CT molecular complexity index is 285. The van der Waals surface area contributed by atoms with E-state index in [1.54, 1.807) is 20.8 Å². The number of unbranched alkanes of at least 4 members (excludes halogenated alkanes) is 1. The molecule has 1 N–H and O–H groups in total. The zero-order valence-electron chi connectivity index (χ0n) is 12.3. The van der Waals surface area contributed by atoms with Gasteiger partial charge in [0, 0.05) is 13.2 Å². The number of aliphatic carboxylic acids is 1. The van der Waals surface area contributed by atoms with Crippen LogP contribution < -0.4 is 0 Å². The summed E-state index contributed by atoms with van der Waals surface area (Å²) >= 11 is 0. The lowest BCUT2D eigenvalue weighted by Gasteiger charge is -2.26. The molecule has 6 heteroatoms. The quantitative estimate of drug-likeness (QED) is 0.687. The SMILES string of the molecule is CCCCOCCN(CC(=O)O)C(=O)OC(C)(C)C. The van der Waals surface area contributed by atoms with Gasteiger partial charge in [-0.05, 0) is 27.2 Å². The molecule has 112 valence electrons. The molecule has 0 heterocycles. The monoisotopic (exact) mass is 275 g/mol. The van der Waals surface area contributed by atoms with E-state index in [2.05, 4.69) is 6.92 Å². The molecular formula is C13H25NO5. The zero-order valence-corrected chi connectivity index (χ0v) is 12.3. The van der Waals surface area contributed by atoms with Crippen LogP contribution >= 0.6 is 0 Å². The second kappa shape index (κ2) is 8.74. The fraction of sp³-hybridized carbons (Fsp3) is 0.846. The van der Waals surface area contributed by atoms with Gasteiger partial charge in [-0.1, -0.05) is 13.3 Å². The van der Waals surface area contributed by atoms with Crippen molar-refractivity contribution in [1.82, 2.24) is 4.90 Å². The number of carbonyl (C=O) groups excluding carboxylic acids is 1. The molecule has 0 saturated carbocycles. The number of carbonyl (C=O) groups is 2. The maximum absolute atomic E-state index is 11.8. The number of nitrogens with zero attached hydrogens (tertiary/aromatic N) is 1. The van der Waals surface area contributed by atoms with E-state index >= 15 is 0 Å². The van der Waals surface area contributed by atoms with Crippen molar-refractivity contribution in [2.75, 3.05) is 26.3 Å². The van der Waals surface area contributed by atoms with Gasteiger partial charge in [-0.25, -0.2) is 4.79 Å². The van der Waals surface area contributed by atoms with E-state index < -0.39 is 17.7 Å². The van der Waals surface area contributed by atoms with Gasteiger partial charge in [0.1, 0.15) is 12.1 Å². The second-order valence-electron chi connectivity index (χ2n) is 5.26. The van der Waals surface area contributed by atoms with Crippen molar-refractivity contribution in [3.05, 3.63) is 0 Å². The van der Waals surface area contributed by atoms with E-state index in [4.69, 9.17) is 14.6 Å². The molecule has 0 radical (unpaired) electrons. The predicted molar refractivity (Wildman–Crippen MR) is 71.2 cm³/mol. The van der Waals surface area contributed by atoms with Gasteiger partial charge >= 0.3 is 12.1 Å². The molecule has 0 bridgehead atoms. The largest absolute Gasteiger partial charge is 0.480 e. The Labute approximate surface area is 114 Å². The minimum absolute atomic E-state index is 0.213. The first-order valence-corrected chi connectivity index (χ1v) is 6.53. The van der Waals surface area contributed by atoms with E-state index in [0.717, 1.165) is 17.7 Å². The Morgan fingerprint density at radius 3 is 2.32 bits per heavy atom. The minimum Gasteiger partial charge on any atom is -0.480 e. The predicted octanol–water partition coefficient (Wildman–Crippen LogP) is 2.12. The molecule has 0 unspecified atom stereocenters. The first-order chi connectivity index (χ1) is 8.76. The molecule has 0 rings (SSSR count). The average molecular weight is 275 g/mol. The van der Waals surface area contributed by atoms with Crippen molar-refractivity contribution in [3.8, 4) is 0 Å². The van der Waals surface area contributed by atoms with E-state index in [1.165, 1.54) is 0 Å². The molecule has 0 fully saturated rings. The van der Waals surface area contributed by atoms with Crippen LogP contribution in [0.25, 0.3) is 0 Å². The molecular weight excluding hydrogens is 250 g/mol. The number of rotatable bonds is 8. The summed E-state index contributed by atoms with van der Waals surface area (Å²) < 4.78 is 10.5. The highest BCUT2D eigenvalue weighted by Crippen LogP contribution is 2.09. The average Bonchev–Trinajstić information content (AvgIpc) is 2.24. The van der Waals surface area contributed by atoms with Crippen LogP contribution in [0.4, 0.5) is 4.79 Å².